The number of hydrogen-bond donors (Lipinski definition) is 0. The summed E-state index contributed by atoms with van der Waals surface area (Å²) in [5.41, 5.74) is 3.31. The minimum absolute atomic E-state index is 0.333. The van der Waals surface area contributed by atoms with Crippen LogP contribution in [0.15, 0.2) is 97.1 Å². The quantitative estimate of drug-likeness (QED) is 0.171. The molecule has 2 saturated heterocycles. The van der Waals surface area contributed by atoms with E-state index in [0.717, 1.165) is 54.1 Å². The number of nitrogens with zero attached hydrogens (tertiary/aromatic N) is 4. The highest BCUT2D eigenvalue weighted by Crippen LogP contribution is 2.34. The third kappa shape index (κ3) is 9.50. The summed E-state index contributed by atoms with van der Waals surface area (Å²) in [6.07, 6.45) is 0.311. The van der Waals surface area contributed by atoms with Gasteiger partial charge in [0.25, 0.3) is 0 Å². The standard InChI is InChI=1S/C40H47FN4O4/c1-39(2,3)49-38(46)45-22-20-40(41,21-23-45)30-43-24-26-44(27-25-43)34-16-14-33(15-17-34)35-18-19-36(47-28-31-10-6-4-7-11-31)42-37(35)48-29-32-12-8-5-9-13-32/h4-19H,20-30H2,1-3H3. The van der Waals surface area contributed by atoms with Crippen LogP contribution in [0.5, 0.6) is 11.8 Å². The topological polar surface area (TPSA) is 67.4 Å². The van der Waals surface area contributed by atoms with E-state index in [1.807, 2.05) is 93.6 Å². The number of piperazine rings is 1. The molecule has 258 valence electrons. The van der Waals surface area contributed by atoms with E-state index >= 15 is 4.39 Å². The first-order chi connectivity index (χ1) is 23.6. The van der Waals surface area contributed by atoms with Crippen molar-refractivity contribution in [1.29, 1.82) is 0 Å². The number of piperidine rings is 1. The molecule has 0 unspecified atom stereocenters. The molecule has 0 atom stereocenters. The zero-order valence-corrected chi connectivity index (χ0v) is 28.8. The van der Waals surface area contributed by atoms with Crippen LogP contribution in [0.3, 0.4) is 0 Å². The van der Waals surface area contributed by atoms with Gasteiger partial charge in [0.2, 0.25) is 11.8 Å². The van der Waals surface area contributed by atoms with Crippen LogP contribution in [-0.2, 0) is 18.0 Å². The van der Waals surface area contributed by atoms with E-state index in [-0.39, 0.29) is 6.09 Å². The summed E-state index contributed by atoms with van der Waals surface area (Å²) in [7, 11) is 0. The Morgan fingerprint density at radius 1 is 0.755 bits per heavy atom. The predicted octanol–water partition coefficient (Wildman–Crippen LogP) is 7.77. The Labute approximate surface area is 289 Å². The average molecular weight is 667 g/mol. The normalized spacial score (nSPS) is 16.7. The Balaban J connectivity index is 1.05. The van der Waals surface area contributed by atoms with Gasteiger partial charge in [-0.3, -0.25) is 4.90 Å². The molecule has 6 rings (SSSR count). The van der Waals surface area contributed by atoms with E-state index < -0.39 is 11.3 Å². The van der Waals surface area contributed by atoms with Crippen LogP contribution in [0.1, 0.15) is 44.7 Å². The summed E-state index contributed by atoms with van der Waals surface area (Å²) in [6, 6.07) is 32.5. The van der Waals surface area contributed by atoms with E-state index in [1.165, 1.54) is 0 Å². The molecule has 0 aliphatic carbocycles. The fourth-order valence-electron chi connectivity index (χ4n) is 6.28. The van der Waals surface area contributed by atoms with E-state index in [9.17, 15) is 4.79 Å². The highest BCUT2D eigenvalue weighted by Gasteiger charge is 2.39. The van der Waals surface area contributed by atoms with Gasteiger partial charge in [-0.25, -0.2) is 9.18 Å². The minimum atomic E-state index is -1.29. The molecule has 2 fully saturated rings. The largest absolute Gasteiger partial charge is 0.473 e. The van der Waals surface area contributed by atoms with Crippen LogP contribution >= 0.6 is 0 Å². The second-order valence-corrected chi connectivity index (χ2v) is 14.0. The van der Waals surface area contributed by atoms with Gasteiger partial charge in [-0.2, -0.15) is 4.98 Å². The molecule has 4 aromatic rings. The molecule has 0 bridgehead atoms. The molecule has 3 aromatic carbocycles. The van der Waals surface area contributed by atoms with Crippen LogP contribution in [0.25, 0.3) is 11.1 Å². The first-order valence-electron chi connectivity index (χ1n) is 17.2. The molecule has 0 spiro atoms. The fourth-order valence-corrected chi connectivity index (χ4v) is 6.28. The van der Waals surface area contributed by atoms with Gasteiger partial charge in [0, 0.05) is 76.0 Å². The first-order valence-corrected chi connectivity index (χ1v) is 17.2. The number of likely N-dealkylation sites (tertiary alicyclic amines) is 1. The molecule has 2 aliphatic heterocycles. The monoisotopic (exact) mass is 666 g/mol. The zero-order valence-electron chi connectivity index (χ0n) is 28.8. The third-order valence-corrected chi connectivity index (χ3v) is 9.02. The molecule has 1 amide bonds. The molecule has 0 saturated carbocycles. The number of rotatable bonds is 10. The number of alkyl halides is 1. The van der Waals surface area contributed by atoms with Gasteiger partial charge in [-0.1, -0.05) is 72.8 Å². The zero-order chi connectivity index (χ0) is 34.3. The Bertz CT molecular complexity index is 1650. The van der Waals surface area contributed by atoms with Crippen LogP contribution in [0, 0.1) is 0 Å². The lowest BCUT2D eigenvalue weighted by molar-refractivity contribution is -0.00637. The molecule has 3 heterocycles. The Morgan fingerprint density at radius 2 is 1.35 bits per heavy atom. The number of anilines is 1. The Hall–Kier alpha value is -4.63. The summed E-state index contributed by atoms with van der Waals surface area (Å²) in [5.74, 6) is 1.03. The van der Waals surface area contributed by atoms with Crippen molar-refractivity contribution in [3.05, 3.63) is 108 Å². The highest BCUT2D eigenvalue weighted by molar-refractivity contribution is 5.71. The lowest BCUT2D eigenvalue weighted by Crippen LogP contribution is -2.54. The Morgan fingerprint density at radius 3 is 1.94 bits per heavy atom. The number of hydrogen-bond acceptors (Lipinski definition) is 7. The maximum atomic E-state index is 15.8. The minimum Gasteiger partial charge on any atom is -0.473 e. The number of aromatic nitrogens is 1. The van der Waals surface area contributed by atoms with E-state index in [1.54, 1.807) is 4.90 Å². The van der Waals surface area contributed by atoms with Gasteiger partial charge in [0.1, 0.15) is 24.5 Å². The third-order valence-electron chi connectivity index (χ3n) is 9.02. The SMILES string of the molecule is CC(C)(C)OC(=O)N1CCC(F)(CN2CCN(c3ccc(-c4ccc(OCc5ccccc5)nc4OCc4ccccc4)cc3)CC2)CC1. The molecule has 9 heteroatoms. The second kappa shape index (κ2) is 15.3. The summed E-state index contributed by atoms with van der Waals surface area (Å²) in [4.78, 5) is 23.4. The predicted molar refractivity (Wildman–Crippen MR) is 191 cm³/mol. The van der Waals surface area contributed by atoms with E-state index in [0.29, 0.717) is 57.4 Å². The number of benzene rings is 3. The summed E-state index contributed by atoms with van der Waals surface area (Å²) >= 11 is 0. The van der Waals surface area contributed by atoms with Crippen molar-refractivity contribution >= 4 is 11.8 Å². The molecular formula is C40H47FN4O4. The molecule has 8 nitrogen and oxygen atoms in total. The maximum Gasteiger partial charge on any atom is 0.410 e. The number of ether oxygens (including phenoxy) is 3. The first kappa shape index (κ1) is 34.2. The van der Waals surface area contributed by atoms with Crippen molar-refractivity contribution < 1.29 is 23.4 Å². The number of halogens is 1. The molecular weight excluding hydrogens is 619 g/mol. The molecule has 1 aromatic heterocycles. The molecule has 0 radical (unpaired) electrons. The van der Waals surface area contributed by atoms with Crippen LogP contribution in [-0.4, -0.2) is 78.0 Å². The highest BCUT2D eigenvalue weighted by atomic mass is 19.1. The number of carbonyl (C=O) groups excluding carboxylic acids is 1. The van der Waals surface area contributed by atoms with Crippen LogP contribution < -0.4 is 14.4 Å². The molecule has 2 aliphatic rings. The van der Waals surface area contributed by atoms with Gasteiger partial charge < -0.3 is 24.0 Å². The second-order valence-electron chi connectivity index (χ2n) is 14.0. The number of pyridine rings is 1. The van der Waals surface area contributed by atoms with Gasteiger partial charge in [-0.05, 0) is 55.7 Å². The van der Waals surface area contributed by atoms with Crippen LogP contribution in [0.4, 0.5) is 14.9 Å². The van der Waals surface area contributed by atoms with Crippen molar-refractivity contribution in [2.24, 2.45) is 0 Å². The van der Waals surface area contributed by atoms with Crippen molar-refractivity contribution in [3.8, 4) is 22.9 Å². The number of carbonyl (C=O) groups is 1. The number of amides is 1. The van der Waals surface area contributed by atoms with Crippen molar-refractivity contribution in [2.45, 2.75) is 58.1 Å². The summed E-state index contributed by atoms with van der Waals surface area (Å²) in [6.45, 7) is 10.7. The smallest absolute Gasteiger partial charge is 0.410 e. The van der Waals surface area contributed by atoms with Gasteiger partial charge in [-0.15, -0.1) is 0 Å². The van der Waals surface area contributed by atoms with Gasteiger partial charge >= 0.3 is 6.09 Å². The lowest BCUT2D eigenvalue weighted by atomic mass is 9.92. The van der Waals surface area contributed by atoms with Gasteiger partial charge in [0.05, 0.1) is 0 Å². The maximum absolute atomic E-state index is 15.8. The van der Waals surface area contributed by atoms with Crippen molar-refractivity contribution in [1.82, 2.24) is 14.8 Å². The van der Waals surface area contributed by atoms with Crippen molar-refractivity contribution in [2.75, 3.05) is 50.7 Å². The van der Waals surface area contributed by atoms with E-state index in [2.05, 4.69) is 34.1 Å². The van der Waals surface area contributed by atoms with Crippen molar-refractivity contribution in [3.63, 3.8) is 0 Å². The summed E-state index contributed by atoms with van der Waals surface area (Å²) in [5, 5.41) is 0. The van der Waals surface area contributed by atoms with Gasteiger partial charge in [0.15, 0.2) is 0 Å². The van der Waals surface area contributed by atoms with Crippen LogP contribution in [0.2, 0.25) is 0 Å². The van der Waals surface area contributed by atoms with E-state index in [4.69, 9.17) is 19.2 Å². The summed E-state index contributed by atoms with van der Waals surface area (Å²) < 4.78 is 33.6. The average Bonchev–Trinajstić information content (AvgIpc) is 3.11. The lowest BCUT2D eigenvalue weighted by Gasteiger charge is -2.42. The molecule has 49 heavy (non-hydrogen) atoms. The molecule has 0 N–H and O–H groups in total. The fraction of sp³-hybridized carbons (Fsp3) is 0.400. The Kier molecular flexibility index (Phi) is 10.7.